The minimum absolute atomic E-state index is 0.0911. The van der Waals surface area contributed by atoms with E-state index in [9.17, 15) is 29.1 Å². The lowest BCUT2D eigenvalue weighted by atomic mass is 9.83. The number of carbonyl (C=O) groups is 5. The third-order valence-electron chi connectivity index (χ3n) is 10.2. The molecule has 55 heavy (non-hydrogen) atoms. The first kappa shape index (κ1) is 40.8. The van der Waals surface area contributed by atoms with Crippen LogP contribution in [0.5, 0.6) is 5.75 Å². The number of fused-ring (bicyclic) bond motifs is 2. The van der Waals surface area contributed by atoms with Gasteiger partial charge in [-0.2, -0.15) is 0 Å². The Kier molecular flexibility index (Phi) is 12.3. The molecular weight excluding hydrogens is 700 g/mol. The molecule has 294 valence electrons. The van der Waals surface area contributed by atoms with Gasteiger partial charge in [0.1, 0.15) is 36.1 Å². The maximum Gasteiger partial charge on any atom is 0.410 e. The molecule has 0 saturated heterocycles. The van der Waals surface area contributed by atoms with Crippen LogP contribution in [0.2, 0.25) is 0 Å². The van der Waals surface area contributed by atoms with Crippen LogP contribution in [0.1, 0.15) is 106 Å². The van der Waals surface area contributed by atoms with Crippen LogP contribution in [0.25, 0.3) is 0 Å². The van der Waals surface area contributed by atoms with Crippen molar-refractivity contribution in [2.24, 2.45) is 5.41 Å². The topological polar surface area (TPSA) is 155 Å². The third-order valence-corrected chi connectivity index (χ3v) is 10.2. The number of carbonyl (C=O) groups excluding carboxylic acids is 4. The van der Waals surface area contributed by atoms with Crippen molar-refractivity contribution < 1.29 is 38.6 Å². The molecule has 3 unspecified atom stereocenters. The molecule has 3 aromatic carbocycles. The van der Waals surface area contributed by atoms with Gasteiger partial charge >= 0.3 is 12.1 Å². The predicted octanol–water partition coefficient (Wildman–Crippen LogP) is 6.20. The fourth-order valence-corrected chi connectivity index (χ4v) is 6.94. The molecule has 1 aliphatic heterocycles. The minimum Gasteiger partial charge on any atom is -0.489 e. The van der Waals surface area contributed by atoms with Crippen molar-refractivity contribution in [2.45, 2.75) is 117 Å². The largest absolute Gasteiger partial charge is 0.489 e. The molecule has 0 aromatic heterocycles. The fourth-order valence-electron chi connectivity index (χ4n) is 6.94. The Balaban J connectivity index is 1.42. The number of amides is 4. The number of carboxylic acids is 1. The molecule has 1 heterocycles. The number of rotatable bonds is 10. The molecule has 4 amide bonds. The molecule has 0 spiro atoms. The summed E-state index contributed by atoms with van der Waals surface area (Å²) in [4.78, 5) is 69.7. The van der Waals surface area contributed by atoms with E-state index in [1.54, 1.807) is 44.7 Å². The number of carboxylic acid groups (broad SMARTS) is 1. The Labute approximate surface area is 323 Å². The lowest BCUT2D eigenvalue weighted by Gasteiger charge is -2.42. The number of nitrogens with zero attached hydrogens (tertiary/aromatic N) is 2. The zero-order chi connectivity index (χ0) is 40.2. The van der Waals surface area contributed by atoms with Gasteiger partial charge in [-0.15, -0.1) is 0 Å². The molecule has 0 bridgehead atoms. The Morgan fingerprint density at radius 1 is 0.927 bits per heavy atom. The van der Waals surface area contributed by atoms with Gasteiger partial charge in [-0.3, -0.25) is 19.3 Å². The van der Waals surface area contributed by atoms with E-state index in [1.165, 1.54) is 29.6 Å². The molecule has 0 saturated carbocycles. The van der Waals surface area contributed by atoms with E-state index in [4.69, 9.17) is 9.47 Å². The van der Waals surface area contributed by atoms with Gasteiger partial charge in [0.15, 0.2) is 0 Å². The van der Waals surface area contributed by atoms with Gasteiger partial charge in [0, 0.05) is 20.0 Å². The maximum atomic E-state index is 14.8. The van der Waals surface area contributed by atoms with Crippen molar-refractivity contribution in [1.29, 1.82) is 0 Å². The average Bonchev–Trinajstić information content (AvgIpc) is 3.13. The predicted molar refractivity (Wildman–Crippen MR) is 207 cm³/mol. The van der Waals surface area contributed by atoms with Gasteiger partial charge in [0.2, 0.25) is 17.7 Å². The lowest BCUT2D eigenvalue weighted by Crippen LogP contribution is -2.62. The zero-order valence-electron chi connectivity index (χ0n) is 33.1. The van der Waals surface area contributed by atoms with Gasteiger partial charge in [-0.25, -0.2) is 9.59 Å². The van der Waals surface area contributed by atoms with E-state index in [0.29, 0.717) is 5.75 Å². The van der Waals surface area contributed by atoms with E-state index in [1.807, 2.05) is 57.2 Å². The van der Waals surface area contributed by atoms with Crippen molar-refractivity contribution >= 4 is 29.8 Å². The highest BCUT2D eigenvalue weighted by atomic mass is 16.6. The summed E-state index contributed by atoms with van der Waals surface area (Å²) in [5, 5.41) is 15.4. The van der Waals surface area contributed by atoms with Gasteiger partial charge in [-0.05, 0) is 104 Å². The van der Waals surface area contributed by atoms with Crippen LogP contribution in [0.4, 0.5) is 4.79 Å². The first-order valence-corrected chi connectivity index (χ1v) is 18.8. The number of likely N-dealkylation sites (N-methyl/N-ethyl adjacent to an activating group) is 1. The molecule has 12 nitrogen and oxygen atoms in total. The van der Waals surface area contributed by atoms with Gasteiger partial charge in [0.05, 0.1) is 11.6 Å². The summed E-state index contributed by atoms with van der Waals surface area (Å²) >= 11 is 0. The molecular formula is C43H54N4O8. The highest BCUT2D eigenvalue weighted by Crippen LogP contribution is 2.33. The summed E-state index contributed by atoms with van der Waals surface area (Å²) in [7, 11) is 1.47. The summed E-state index contributed by atoms with van der Waals surface area (Å²) in [6.07, 6.45) is 2.23. The standard InChI is InChI=1S/C43H54N4O8/c1-26(46(8)41(53)55-43(5,6)7)37(48)45-36(42(2,3)4)39(50)47-24-31-22-32(54-25-27-16-18-29(19-17-27)40(51)52)21-20-30(31)23-35(47)38(49)44-34-15-11-13-28-12-9-10-14-33(28)34/h9-10,12,14,16-22,26,34-36H,11,13,15,23-25H2,1-8H3,(H,44,49)(H,45,48)(H,51,52)/t26?,34-,35?,36?/m1/s1. The second kappa shape index (κ2) is 16.5. The molecule has 0 fully saturated rings. The Bertz CT molecular complexity index is 1910. The second-order valence-electron chi connectivity index (χ2n) is 16.6. The average molecular weight is 755 g/mol. The zero-order valence-corrected chi connectivity index (χ0v) is 33.1. The van der Waals surface area contributed by atoms with Crippen LogP contribution in [0.3, 0.4) is 0 Å². The highest BCUT2D eigenvalue weighted by Gasteiger charge is 2.43. The van der Waals surface area contributed by atoms with Gasteiger partial charge < -0.3 is 30.1 Å². The molecule has 2 aliphatic rings. The maximum absolute atomic E-state index is 14.8. The lowest BCUT2D eigenvalue weighted by molar-refractivity contribution is -0.147. The summed E-state index contributed by atoms with van der Waals surface area (Å²) in [5.74, 6) is -1.69. The van der Waals surface area contributed by atoms with Crippen LogP contribution in [-0.2, 0) is 45.1 Å². The van der Waals surface area contributed by atoms with Crippen molar-refractivity contribution in [3.8, 4) is 5.75 Å². The Hall–Kier alpha value is -5.39. The monoisotopic (exact) mass is 754 g/mol. The van der Waals surface area contributed by atoms with Crippen molar-refractivity contribution in [2.75, 3.05) is 7.05 Å². The number of hydrogen-bond donors (Lipinski definition) is 3. The summed E-state index contributed by atoms with van der Waals surface area (Å²) < 4.78 is 11.6. The van der Waals surface area contributed by atoms with E-state index in [-0.39, 0.29) is 37.1 Å². The number of benzene rings is 3. The number of aromatic carboxylic acids is 1. The molecule has 3 aromatic rings. The molecule has 0 radical (unpaired) electrons. The number of nitrogens with one attached hydrogen (secondary N) is 2. The summed E-state index contributed by atoms with van der Waals surface area (Å²) in [6.45, 7) is 12.6. The van der Waals surface area contributed by atoms with Crippen LogP contribution in [0.15, 0.2) is 66.7 Å². The number of ether oxygens (including phenoxy) is 2. The summed E-state index contributed by atoms with van der Waals surface area (Å²) in [5.41, 5.74) is 3.42. The van der Waals surface area contributed by atoms with Crippen LogP contribution in [0, 0.1) is 5.41 Å². The third kappa shape index (κ3) is 10.0. The van der Waals surface area contributed by atoms with E-state index in [0.717, 1.165) is 41.5 Å². The Morgan fingerprint density at radius 3 is 2.27 bits per heavy atom. The molecule has 3 N–H and O–H groups in total. The molecule has 12 heteroatoms. The normalized spacial score (nSPS) is 17.8. The molecule has 1 aliphatic carbocycles. The van der Waals surface area contributed by atoms with E-state index >= 15 is 0 Å². The second-order valence-corrected chi connectivity index (χ2v) is 16.6. The van der Waals surface area contributed by atoms with Crippen LogP contribution >= 0.6 is 0 Å². The number of aryl methyl sites for hydroxylation is 1. The van der Waals surface area contributed by atoms with Crippen LogP contribution < -0.4 is 15.4 Å². The molecule has 5 rings (SSSR count). The molecule has 4 atom stereocenters. The van der Waals surface area contributed by atoms with E-state index in [2.05, 4.69) is 16.7 Å². The van der Waals surface area contributed by atoms with Gasteiger partial charge in [-0.1, -0.05) is 63.2 Å². The first-order valence-electron chi connectivity index (χ1n) is 18.8. The van der Waals surface area contributed by atoms with Gasteiger partial charge in [0.25, 0.3) is 0 Å². The van der Waals surface area contributed by atoms with Crippen molar-refractivity contribution in [1.82, 2.24) is 20.4 Å². The first-order chi connectivity index (χ1) is 25.8. The quantitative estimate of drug-likeness (QED) is 0.221. The minimum atomic E-state index is -1.05. The SMILES string of the molecule is CC(C(=O)NC(C(=O)N1Cc2cc(OCc3ccc(C(=O)O)cc3)ccc2CC1C(=O)N[C@@H]1CCCc2ccccc21)C(C)(C)C)N(C)C(=O)OC(C)(C)C. The Morgan fingerprint density at radius 2 is 1.62 bits per heavy atom. The van der Waals surface area contributed by atoms with Crippen LogP contribution in [-0.4, -0.2) is 75.5 Å². The fraction of sp³-hybridized carbons (Fsp3) is 0.465. The smallest absolute Gasteiger partial charge is 0.410 e. The van der Waals surface area contributed by atoms with Crippen molar-refractivity contribution in [3.05, 3.63) is 100 Å². The van der Waals surface area contributed by atoms with E-state index < -0.39 is 53.0 Å². The van der Waals surface area contributed by atoms with Crippen molar-refractivity contribution in [3.63, 3.8) is 0 Å². The number of hydrogen-bond acceptors (Lipinski definition) is 7. The summed E-state index contributed by atoms with van der Waals surface area (Å²) in [6, 6.07) is 17.1. The highest BCUT2D eigenvalue weighted by molar-refractivity contribution is 5.95.